The van der Waals surface area contributed by atoms with Crippen LogP contribution in [0.15, 0.2) is 97.1 Å². The zero-order valence-electron chi connectivity index (χ0n) is 24.5. The standard InChI is InChI=1S/C34H24Cl4O9S/c35-22-13-5-1-9-18(22)30(39)43-17-26-27(45-31(40)19-10-2-6-14-23(19)36)28(46-32(41)20-11-3-7-15-24(20)37)29(34(48)44-26)47-33(42)21-12-4-8-16-25(21)38/h1-16,26-29,34,48H,17H2/t26-,27-,28+,29-,34+/m1/s1. The van der Waals surface area contributed by atoms with Gasteiger partial charge in [-0.15, -0.1) is 12.6 Å². The molecule has 4 aromatic rings. The van der Waals surface area contributed by atoms with E-state index in [1.54, 1.807) is 48.5 Å². The van der Waals surface area contributed by atoms with E-state index in [0.717, 1.165) is 0 Å². The van der Waals surface area contributed by atoms with Crippen molar-refractivity contribution < 1.29 is 42.9 Å². The summed E-state index contributed by atoms with van der Waals surface area (Å²) in [6, 6.07) is 24.5. The average Bonchev–Trinajstić information content (AvgIpc) is 3.07. The highest BCUT2D eigenvalue weighted by molar-refractivity contribution is 7.80. The maximum atomic E-state index is 13.6. The van der Waals surface area contributed by atoms with E-state index in [4.69, 9.17) is 70.1 Å². The summed E-state index contributed by atoms with van der Waals surface area (Å²) in [5.74, 6) is -3.61. The predicted molar refractivity (Wildman–Crippen MR) is 181 cm³/mol. The lowest BCUT2D eigenvalue weighted by Crippen LogP contribution is -2.61. The minimum Gasteiger partial charge on any atom is -0.459 e. The molecule has 1 aliphatic heterocycles. The molecule has 1 saturated heterocycles. The van der Waals surface area contributed by atoms with Gasteiger partial charge in [-0.1, -0.05) is 94.9 Å². The van der Waals surface area contributed by atoms with E-state index in [1.165, 1.54) is 48.5 Å². The van der Waals surface area contributed by atoms with Gasteiger partial charge in [0.1, 0.15) is 18.1 Å². The summed E-state index contributed by atoms with van der Waals surface area (Å²) in [5, 5.41) is 0.361. The largest absolute Gasteiger partial charge is 0.459 e. The van der Waals surface area contributed by atoms with E-state index in [9.17, 15) is 19.2 Å². The molecule has 0 aromatic heterocycles. The molecule has 1 aliphatic rings. The number of esters is 4. The molecule has 4 aromatic carbocycles. The van der Waals surface area contributed by atoms with Crippen molar-refractivity contribution in [3.05, 3.63) is 139 Å². The first kappa shape index (κ1) is 35.5. The number of rotatable bonds is 9. The first-order valence-corrected chi connectivity index (χ1v) is 16.2. The number of carbonyl (C=O) groups excluding carboxylic acids is 4. The Hall–Kier alpha value is -3.77. The number of hydrogen-bond donors (Lipinski definition) is 1. The lowest BCUT2D eigenvalue weighted by Gasteiger charge is -2.43. The van der Waals surface area contributed by atoms with Gasteiger partial charge in [-0.2, -0.15) is 0 Å². The van der Waals surface area contributed by atoms with Crippen molar-refractivity contribution in [3.63, 3.8) is 0 Å². The molecule has 9 nitrogen and oxygen atoms in total. The molecular weight excluding hydrogens is 726 g/mol. The fourth-order valence-electron chi connectivity index (χ4n) is 4.74. The molecule has 1 heterocycles. The Bertz CT molecular complexity index is 1840. The van der Waals surface area contributed by atoms with Crippen LogP contribution in [0, 0.1) is 0 Å². The molecule has 0 bridgehead atoms. The average molecular weight is 750 g/mol. The molecule has 5 rings (SSSR count). The number of thiol groups is 1. The molecule has 0 N–H and O–H groups in total. The van der Waals surface area contributed by atoms with Gasteiger partial charge in [0.05, 0.1) is 42.3 Å². The van der Waals surface area contributed by atoms with Crippen LogP contribution in [0.5, 0.6) is 0 Å². The third-order valence-corrected chi connectivity index (χ3v) is 8.83. The Labute approximate surface area is 300 Å². The van der Waals surface area contributed by atoms with Crippen molar-refractivity contribution >= 4 is 82.9 Å². The first-order chi connectivity index (χ1) is 23.0. The van der Waals surface area contributed by atoms with Crippen LogP contribution in [0.2, 0.25) is 20.1 Å². The summed E-state index contributed by atoms with van der Waals surface area (Å²) in [6.07, 6.45) is -5.97. The SMILES string of the molecule is O=C(OC[C@H]1O[C@@H](S)[C@H](OC(=O)c2ccccc2Cl)[C@@H](OC(=O)c2ccccc2Cl)[C@@H]1OC(=O)c1ccccc1Cl)c1ccccc1Cl. The van der Waals surface area contributed by atoms with E-state index < -0.39 is 60.3 Å². The van der Waals surface area contributed by atoms with Crippen LogP contribution in [-0.4, -0.2) is 60.3 Å². The minimum atomic E-state index is -1.59. The van der Waals surface area contributed by atoms with Crippen LogP contribution in [0.25, 0.3) is 0 Å². The van der Waals surface area contributed by atoms with Crippen molar-refractivity contribution in [1.29, 1.82) is 0 Å². The zero-order chi connectivity index (χ0) is 34.4. The topological polar surface area (TPSA) is 114 Å². The highest BCUT2D eigenvalue weighted by atomic mass is 35.5. The smallest absolute Gasteiger partial charge is 0.340 e. The van der Waals surface area contributed by atoms with Crippen molar-refractivity contribution in [3.8, 4) is 0 Å². The number of ether oxygens (including phenoxy) is 5. The van der Waals surface area contributed by atoms with E-state index in [-0.39, 0.29) is 42.3 Å². The highest BCUT2D eigenvalue weighted by Gasteiger charge is 2.52. The maximum absolute atomic E-state index is 13.6. The molecule has 0 aliphatic carbocycles. The van der Waals surface area contributed by atoms with E-state index in [1.807, 2.05) is 0 Å². The molecular formula is C34H24Cl4O9S. The molecule has 0 amide bonds. The molecule has 1 fully saturated rings. The van der Waals surface area contributed by atoms with Gasteiger partial charge in [0, 0.05) is 0 Å². The number of benzene rings is 4. The summed E-state index contributed by atoms with van der Waals surface area (Å²) in [6.45, 7) is -0.535. The molecule has 0 unspecified atom stereocenters. The van der Waals surface area contributed by atoms with Gasteiger partial charge < -0.3 is 23.7 Å². The van der Waals surface area contributed by atoms with Gasteiger partial charge in [0.2, 0.25) is 0 Å². The molecule has 14 heteroatoms. The normalized spacial score (nSPS) is 20.3. The predicted octanol–water partition coefficient (Wildman–Crippen LogP) is 7.79. The Morgan fingerprint density at radius 1 is 0.521 bits per heavy atom. The fourth-order valence-corrected chi connectivity index (χ4v) is 5.97. The Balaban J connectivity index is 1.53. The van der Waals surface area contributed by atoms with E-state index in [2.05, 4.69) is 12.6 Å². The molecule has 48 heavy (non-hydrogen) atoms. The summed E-state index contributed by atoms with van der Waals surface area (Å²) in [5.41, 5.74) is -1.30. The summed E-state index contributed by atoms with van der Waals surface area (Å²) in [4.78, 5) is 53.4. The Kier molecular flexibility index (Phi) is 11.9. The summed E-state index contributed by atoms with van der Waals surface area (Å²) in [7, 11) is 0. The third kappa shape index (κ3) is 8.26. The lowest BCUT2D eigenvalue weighted by atomic mass is 9.98. The molecule has 0 radical (unpaired) electrons. The Morgan fingerprint density at radius 3 is 1.25 bits per heavy atom. The van der Waals surface area contributed by atoms with Gasteiger partial charge in [0.15, 0.2) is 18.3 Å². The van der Waals surface area contributed by atoms with Crippen LogP contribution in [0.3, 0.4) is 0 Å². The van der Waals surface area contributed by atoms with Gasteiger partial charge in [0.25, 0.3) is 0 Å². The van der Waals surface area contributed by atoms with Crippen LogP contribution < -0.4 is 0 Å². The van der Waals surface area contributed by atoms with E-state index in [0.29, 0.717) is 0 Å². The van der Waals surface area contributed by atoms with Crippen LogP contribution in [0.1, 0.15) is 41.4 Å². The van der Waals surface area contributed by atoms with Crippen LogP contribution in [0.4, 0.5) is 0 Å². The highest BCUT2D eigenvalue weighted by Crippen LogP contribution is 2.34. The Morgan fingerprint density at radius 2 is 0.854 bits per heavy atom. The van der Waals surface area contributed by atoms with Gasteiger partial charge in [-0.25, -0.2) is 19.2 Å². The number of halogens is 4. The second-order valence-electron chi connectivity index (χ2n) is 10.2. The van der Waals surface area contributed by atoms with Crippen LogP contribution in [-0.2, 0) is 23.7 Å². The van der Waals surface area contributed by atoms with Crippen molar-refractivity contribution in [2.45, 2.75) is 29.9 Å². The maximum Gasteiger partial charge on any atom is 0.340 e. The number of hydrogen-bond acceptors (Lipinski definition) is 10. The van der Waals surface area contributed by atoms with Crippen LogP contribution >= 0.6 is 59.0 Å². The van der Waals surface area contributed by atoms with Gasteiger partial charge in [-0.3, -0.25) is 0 Å². The lowest BCUT2D eigenvalue weighted by molar-refractivity contribution is -0.206. The first-order valence-electron chi connectivity index (χ1n) is 14.2. The van der Waals surface area contributed by atoms with Gasteiger partial charge >= 0.3 is 23.9 Å². The van der Waals surface area contributed by atoms with E-state index >= 15 is 0 Å². The van der Waals surface area contributed by atoms with Crippen molar-refractivity contribution in [2.24, 2.45) is 0 Å². The molecule has 0 spiro atoms. The summed E-state index contributed by atoms with van der Waals surface area (Å²) >= 11 is 29.5. The fraction of sp³-hybridized carbons (Fsp3) is 0.176. The molecule has 248 valence electrons. The van der Waals surface area contributed by atoms with Crippen molar-refractivity contribution in [2.75, 3.05) is 6.61 Å². The minimum absolute atomic E-state index is 0.00344. The quantitative estimate of drug-likeness (QED) is 0.104. The zero-order valence-corrected chi connectivity index (χ0v) is 28.4. The van der Waals surface area contributed by atoms with Gasteiger partial charge in [-0.05, 0) is 48.5 Å². The second kappa shape index (κ2) is 16.1. The molecule has 5 atom stereocenters. The summed E-state index contributed by atoms with van der Waals surface area (Å²) < 4.78 is 29.1. The van der Waals surface area contributed by atoms with Crippen molar-refractivity contribution in [1.82, 2.24) is 0 Å². The third-order valence-electron chi connectivity index (χ3n) is 7.09. The number of carbonyl (C=O) groups is 4. The second-order valence-corrected chi connectivity index (χ2v) is 12.3. The molecule has 0 saturated carbocycles. The monoisotopic (exact) mass is 748 g/mol.